The lowest BCUT2D eigenvalue weighted by molar-refractivity contribution is 0.0692. The first-order valence-corrected chi connectivity index (χ1v) is 11.7. The van der Waals surface area contributed by atoms with Crippen LogP contribution >= 0.6 is 0 Å². The molecule has 4 aromatic rings. The average Bonchev–Trinajstić information content (AvgIpc) is 2.92. The molecule has 1 aromatic heterocycles. The maximum atomic E-state index is 12.7. The molecule has 0 saturated carbocycles. The number of ether oxygens (including phenoxy) is 3. The molecule has 190 valence electrons. The monoisotopic (exact) mass is 499 g/mol. The minimum Gasteiger partial charge on any atom is -0.438 e. The van der Waals surface area contributed by atoms with Gasteiger partial charge in [0, 0.05) is 53.6 Å². The zero-order valence-electron chi connectivity index (χ0n) is 20.6. The second kappa shape index (κ2) is 12.5. The van der Waals surface area contributed by atoms with E-state index in [-0.39, 0.29) is 5.91 Å². The molecule has 9 heteroatoms. The number of hydrogen-bond acceptors (Lipinski definition) is 8. The van der Waals surface area contributed by atoms with Crippen molar-refractivity contribution in [1.29, 1.82) is 0 Å². The fourth-order valence-electron chi connectivity index (χ4n) is 3.64. The van der Waals surface area contributed by atoms with E-state index in [1.807, 2.05) is 36.4 Å². The predicted molar refractivity (Wildman–Crippen MR) is 145 cm³/mol. The topological polar surface area (TPSA) is 121 Å². The first-order chi connectivity index (χ1) is 18.1. The number of methoxy groups -OCH3 is 1. The number of hydrogen-bond donors (Lipinski definition) is 3. The minimum atomic E-state index is -0.227. The Bertz CT molecular complexity index is 1390. The quantitative estimate of drug-likeness (QED) is 0.188. The van der Waals surface area contributed by atoms with Crippen LogP contribution in [0.3, 0.4) is 0 Å². The fourth-order valence-corrected chi connectivity index (χ4v) is 3.64. The molecule has 0 bridgehead atoms. The van der Waals surface area contributed by atoms with Crippen molar-refractivity contribution >= 4 is 40.1 Å². The summed E-state index contributed by atoms with van der Waals surface area (Å²) >= 11 is 0. The number of nitrogens with two attached hydrogens (primary N) is 1. The van der Waals surface area contributed by atoms with E-state index in [0.717, 1.165) is 16.3 Å². The molecule has 1 amide bonds. The van der Waals surface area contributed by atoms with Crippen LogP contribution in [0.1, 0.15) is 15.9 Å². The number of carbonyl (C=O) groups excluding carboxylic acids is 1. The van der Waals surface area contributed by atoms with Crippen molar-refractivity contribution in [3.8, 4) is 11.6 Å². The van der Waals surface area contributed by atoms with E-state index in [0.29, 0.717) is 60.9 Å². The lowest BCUT2D eigenvalue weighted by atomic mass is 10.1. The van der Waals surface area contributed by atoms with E-state index in [1.54, 1.807) is 43.6 Å². The van der Waals surface area contributed by atoms with E-state index >= 15 is 0 Å². The van der Waals surface area contributed by atoms with Crippen LogP contribution < -0.4 is 21.1 Å². The number of fused-ring (bicyclic) bond motifs is 1. The number of nitrogens with zero attached hydrogens (tertiary/aromatic N) is 2. The lowest BCUT2D eigenvalue weighted by Crippen LogP contribution is -2.27. The molecule has 0 aliphatic carbocycles. The summed E-state index contributed by atoms with van der Waals surface area (Å²) in [6.07, 6.45) is 3.27. The van der Waals surface area contributed by atoms with E-state index in [9.17, 15) is 4.79 Å². The Hall–Kier alpha value is -4.47. The zero-order valence-corrected chi connectivity index (χ0v) is 20.6. The molecule has 0 radical (unpaired) electrons. The molecule has 4 rings (SSSR count). The van der Waals surface area contributed by atoms with Crippen LogP contribution in [0.2, 0.25) is 0 Å². The third-order valence-electron chi connectivity index (χ3n) is 5.44. The Balaban J connectivity index is 1.47. The molecule has 0 spiro atoms. The Morgan fingerprint density at radius 1 is 1.05 bits per heavy atom. The average molecular weight is 500 g/mol. The van der Waals surface area contributed by atoms with E-state index in [1.165, 1.54) is 0 Å². The van der Waals surface area contributed by atoms with Gasteiger partial charge in [-0.1, -0.05) is 36.9 Å². The molecule has 0 saturated heterocycles. The Morgan fingerprint density at radius 3 is 2.70 bits per heavy atom. The summed E-state index contributed by atoms with van der Waals surface area (Å²) < 4.78 is 16.4. The van der Waals surface area contributed by atoms with Gasteiger partial charge in [0.25, 0.3) is 5.91 Å². The van der Waals surface area contributed by atoms with Gasteiger partial charge in [0.1, 0.15) is 5.75 Å². The highest BCUT2D eigenvalue weighted by Gasteiger charge is 2.11. The number of rotatable bonds is 12. The summed E-state index contributed by atoms with van der Waals surface area (Å²) in [5.74, 6) is 1.08. The number of aromatic nitrogens is 2. The van der Waals surface area contributed by atoms with Crippen LogP contribution in [0.15, 0.2) is 73.4 Å². The molecule has 0 unspecified atom stereocenters. The number of carbonyl (C=O) groups is 1. The van der Waals surface area contributed by atoms with Gasteiger partial charge in [-0.2, -0.15) is 4.98 Å². The van der Waals surface area contributed by atoms with Crippen LogP contribution in [-0.4, -0.2) is 49.4 Å². The molecule has 1 heterocycles. The second-order valence-electron chi connectivity index (χ2n) is 8.05. The highest BCUT2D eigenvalue weighted by Crippen LogP contribution is 2.32. The van der Waals surface area contributed by atoms with Gasteiger partial charge in [-0.05, 0) is 35.9 Å². The van der Waals surface area contributed by atoms with Crippen molar-refractivity contribution in [1.82, 2.24) is 15.3 Å². The maximum Gasteiger partial charge on any atom is 0.251 e. The van der Waals surface area contributed by atoms with Gasteiger partial charge in [-0.3, -0.25) is 4.79 Å². The summed E-state index contributed by atoms with van der Waals surface area (Å²) in [4.78, 5) is 21.5. The van der Waals surface area contributed by atoms with Crippen molar-refractivity contribution in [3.63, 3.8) is 0 Å². The van der Waals surface area contributed by atoms with Gasteiger partial charge in [0.05, 0.1) is 19.8 Å². The molecule has 9 nitrogen and oxygen atoms in total. The summed E-state index contributed by atoms with van der Waals surface area (Å²) in [7, 11) is 1.61. The fraction of sp³-hybridized carbons (Fsp3) is 0.179. The number of nitrogen functional groups attached to an aromatic ring is 1. The van der Waals surface area contributed by atoms with Crippen LogP contribution in [0, 0.1) is 0 Å². The van der Waals surface area contributed by atoms with Crippen molar-refractivity contribution in [3.05, 3.63) is 84.6 Å². The standard InChI is InChI=1S/C28H29N5O4/c1-3-19-16-20(27(34)30-12-13-36-15-14-35-2)18-21(17-19)32-28-31-11-10-26(33-28)37-25-9-8-24(29)22-6-4-5-7-23(22)25/h3-11,16-18H,1,12-15,29H2,2H3,(H,30,34)(H,31,32,33). The minimum absolute atomic E-state index is 0.227. The first-order valence-electron chi connectivity index (χ1n) is 11.7. The largest absolute Gasteiger partial charge is 0.438 e. The molecular formula is C28H29N5O4. The van der Waals surface area contributed by atoms with Gasteiger partial charge >= 0.3 is 0 Å². The van der Waals surface area contributed by atoms with E-state index < -0.39 is 0 Å². The number of benzene rings is 3. The van der Waals surface area contributed by atoms with E-state index in [2.05, 4.69) is 27.2 Å². The van der Waals surface area contributed by atoms with Gasteiger partial charge in [0.15, 0.2) is 0 Å². The molecule has 0 atom stereocenters. The molecule has 3 aromatic carbocycles. The molecule has 4 N–H and O–H groups in total. The summed E-state index contributed by atoms with van der Waals surface area (Å²) in [6, 6.07) is 18.4. The van der Waals surface area contributed by atoms with Gasteiger partial charge in [-0.25, -0.2) is 4.98 Å². The summed E-state index contributed by atoms with van der Waals surface area (Å²) in [6.45, 7) is 5.58. The molecule has 37 heavy (non-hydrogen) atoms. The van der Waals surface area contributed by atoms with Gasteiger partial charge in [-0.15, -0.1) is 0 Å². The van der Waals surface area contributed by atoms with Crippen LogP contribution in [0.5, 0.6) is 11.6 Å². The second-order valence-corrected chi connectivity index (χ2v) is 8.05. The Kier molecular flexibility index (Phi) is 8.64. The third-order valence-corrected chi connectivity index (χ3v) is 5.44. The highest BCUT2D eigenvalue weighted by molar-refractivity contribution is 5.97. The number of anilines is 3. The zero-order chi connectivity index (χ0) is 26.0. The Morgan fingerprint density at radius 2 is 1.89 bits per heavy atom. The SMILES string of the molecule is C=Cc1cc(Nc2nccc(Oc3ccc(N)c4ccccc34)n2)cc(C(=O)NCCOCCOC)c1. The van der Waals surface area contributed by atoms with Crippen LogP contribution in [0.25, 0.3) is 16.8 Å². The lowest BCUT2D eigenvalue weighted by Gasteiger charge is -2.12. The van der Waals surface area contributed by atoms with Crippen molar-refractivity contribution in [2.24, 2.45) is 0 Å². The van der Waals surface area contributed by atoms with Gasteiger partial charge in [0.2, 0.25) is 11.8 Å². The van der Waals surface area contributed by atoms with Gasteiger partial charge < -0.3 is 30.6 Å². The summed E-state index contributed by atoms with van der Waals surface area (Å²) in [5.41, 5.74) is 8.65. The summed E-state index contributed by atoms with van der Waals surface area (Å²) in [5, 5.41) is 7.78. The maximum absolute atomic E-state index is 12.7. The van der Waals surface area contributed by atoms with Crippen molar-refractivity contribution in [2.75, 3.05) is 44.5 Å². The van der Waals surface area contributed by atoms with Crippen LogP contribution in [-0.2, 0) is 9.47 Å². The van der Waals surface area contributed by atoms with E-state index in [4.69, 9.17) is 19.9 Å². The van der Waals surface area contributed by atoms with Crippen molar-refractivity contribution < 1.29 is 19.0 Å². The Labute approximate surface area is 215 Å². The molecule has 0 aliphatic rings. The van der Waals surface area contributed by atoms with Crippen molar-refractivity contribution in [2.45, 2.75) is 0 Å². The highest BCUT2D eigenvalue weighted by atomic mass is 16.5. The molecular weight excluding hydrogens is 470 g/mol. The first kappa shape index (κ1) is 25.6. The normalized spacial score (nSPS) is 10.7. The molecule has 0 fully saturated rings. The number of amides is 1. The predicted octanol–water partition coefficient (Wildman–Crippen LogP) is 4.78. The third kappa shape index (κ3) is 6.81. The van der Waals surface area contributed by atoms with Crippen LogP contribution in [0.4, 0.5) is 17.3 Å². The number of nitrogens with one attached hydrogen (secondary N) is 2. The molecule has 0 aliphatic heterocycles. The smallest absolute Gasteiger partial charge is 0.251 e.